The first kappa shape index (κ1) is 15.2. The van der Waals surface area contributed by atoms with Crippen LogP contribution in [0.25, 0.3) is 0 Å². The molecule has 0 saturated carbocycles. The summed E-state index contributed by atoms with van der Waals surface area (Å²) in [5.74, 6) is 0.947. The lowest BCUT2D eigenvalue weighted by Crippen LogP contribution is -2.40. The van der Waals surface area contributed by atoms with Gasteiger partial charge in [-0.15, -0.1) is 0 Å². The molecule has 1 N–H and O–H groups in total. The van der Waals surface area contributed by atoms with E-state index in [-0.39, 0.29) is 0 Å². The zero-order valence-electron chi connectivity index (χ0n) is 12.9. The zero-order valence-corrected chi connectivity index (χ0v) is 12.9. The lowest BCUT2D eigenvalue weighted by Gasteiger charge is -2.32. The van der Waals surface area contributed by atoms with Gasteiger partial charge in [0.05, 0.1) is 11.4 Å². The minimum absolute atomic E-state index is 0.517. The Hall–Kier alpha value is -1.20. The third kappa shape index (κ3) is 4.42. The number of aryl methyl sites for hydroxylation is 2. The molecule has 5 nitrogen and oxygen atoms in total. The molecule has 1 aromatic heterocycles. The van der Waals surface area contributed by atoms with Crippen LogP contribution in [0, 0.1) is 13.8 Å². The molecule has 112 valence electrons. The van der Waals surface area contributed by atoms with Crippen LogP contribution in [-0.2, 0) is 4.74 Å². The van der Waals surface area contributed by atoms with Gasteiger partial charge < -0.3 is 15.0 Å². The van der Waals surface area contributed by atoms with Gasteiger partial charge in [-0.3, -0.25) is 4.98 Å². The largest absolute Gasteiger partial charge is 0.385 e. The molecule has 2 rings (SSSR count). The van der Waals surface area contributed by atoms with Gasteiger partial charge in [-0.05, 0) is 33.1 Å². The van der Waals surface area contributed by atoms with Crippen molar-refractivity contribution in [3.05, 3.63) is 17.6 Å². The molecule has 0 unspecified atom stereocenters. The molecule has 1 aliphatic rings. The smallest absolute Gasteiger partial charge is 0.147 e. The highest BCUT2D eigenvalue weighted by atomic mass is 16.5. The van der Waals surface area contributed by atoms with E-state index in [9.17, 15) is 0 Å². The van der Waals surface area contributed by atoms with Crippen molar-refractivity contribution in [1.82, 2.24) is 14.9 Å². The van der Waals surface area contributed by atoms with E-state index in [2.05, 4.69) is 20.2 Å². The summed E-state index contributed by atoms with van der Waals surface area (Å²) >= 11 is 0. The molecule has 0 aliphatic carbocycles. The second-order valence-corrected chi connectivity index (χ2v) is 5.55. The van der Waals surface area contributed by atoms with Crippen molar-refractivity contribution in [2.75, 3.05) is 38.7 Å². The molecule has 0 amide bonds. The van der Waals surface area contributed by atoms with Crippen molar-refractivity contribution in [3.63, 3.8) is 0 Å². The Bertz CT molecular complexity index is 416. The van der Waals surface area contributed by atoms with Gasteiger partial charge in [0.15, 0.2) is 0 Å². The topological polar surface area (TPSA) is 50.3 Å². The predicted octanol–water partition coefficient (Wildman–Crippen LogP) is 2.01. The molecule has 1 aromatic rings. The summed E-state index contributed by atoms with van der Waals surface area (Å²) in [6.45, 7) is 8.30. The third-order valence-corrected chi connectivity index (χ3v) is 3.83. The van der Waals surface area contributed by atoms with Gasteiger partial charge in [-0.1, -0.05) is 0 Å². The molecule has 1 saturated heterocycles. The summed E-state index contributed by atoms with van der Waals surface area (Å²) < 4.78 is 5.10. The van der Waals surface area contributed by atoms with Gasteiger partial charge in [0.25, 0.3) is 0 Å². The van der Waals surface area contributed by atoms with Crippen LogP contribution in [-0.4, -0.2) is 54.3 Å². The highest BCUT2D eigenvalue weighted by Crippen LogP contribution is 2.17. The lowest BCUT2D eigenvalue weighted by molar-refractivity contribution is 0.159. The zero-order chi connectivity index (χ0) is 14.4. The van der Waals surface area contributed by atoms with Crippen molar-refractivity contribution in [3.8, 4) is 0 Å². The summed E-state index contributed by atoms with van der Waals surface area (Å²) in [6, 6.07) is 0.517. The highest BCUT2D eigenvalue weighted by Gasteiger charge is 2.19. The number of likely N-dealkylation sites (tertiary alicyclic amines) is 1. The van der Waals surface area contributed by atoms with Gasteiger partial charge in [0, 0.05) is 45.6 Å². The van der Waals surface area contributed by atoms with Crippen LogP contribution in [0.3, 0.4) is 0 Å². The summed E-state index contributed by atoms with van der Waals surface area (Å²) in [5.41, 5.74) is 1.95. The van der Waals surface area contributed by atoms with Crippen molar-refractivity contribution >= 4 is 5.82 Å². The monoisotopic (exact) mass is 278 g/mol. The van der Waals surface area contributed by atoms with Crippen molar-refractivity contribution in [2.24, 2.45) is 0 Å². The van der Waals surface area contributed by atoms with E-state index in [4.69, 9.17) is 4.74 Å². The minimum atomic E-state index is 0.517. The molecular weight excluding hydrogens is 252 g/mol. The van der Waals surface area contributed by atoms with Gasteiger partial charge in [-0.25, -0.2) is 4.98 Å². The van der Waals surface area contributed by atoms with Crippen LogP contribution in [0.5, 0.6) is 0 Å². The van der Waals surface area contributed by atoms with Gasteiger partial charge in [0.2, 0.25) is 0 Å². The third-order valence-electron chi connectivity index (χ3n) is 3.83. The number of hydrogen-bond acceptors (Lipinski definition) is 5. The van der Waals surface area contributed by atoms with E-state index in [1.165, 1.54) is 12.8 Å². The molecule has 0 atom stereocenters. The van der Waals surface area contributed by atoms with Gasteiger partial charge >= 0.3 is 0 Å². The first-order valence-corrected chi connectivity index (χ1v) is 7.47. The maximum absolute atomic E-state index is 5.10. The van der Waals surface area contributed by atoms with E-state index in [0.29, 0.717) is 6.04 Å². The molecule has 0 aromatic carbocycles. The standard InChI is InChI=1S/C15H26N4O/c1-12-11-16-13(2)15(17-12)18-14-5-8-19(9-6-14)7-4-10-20-3/h11,14H,4-10H2,1-3H3,(H,17,18). The number of methoxy groups -OCH3 is 1. The van der Waals surface area contributed by atoms with E-state index in [0.717, 1.165) is 49.9 Å². The first-order valence-electron chi connectivity index (χ1n) is 7.47. The maximum atomic E-state index is 5.10. The predicted molar refractivity (Wildman–Crippen MR) is 81.1 cm³/mol. The SMILES string of the molecule is COCCCN1CCC(Nc2nc(C)cnc2C)CC1. The Kier molecular flexibility index (Phi) is 5.73. The summed E-state index contributed by atoms with van der Waals surface area (Å²) in [5, 5.41) is 3.55. The Morgan fingerprint density at radius 3 is 2.80 bits per heavy atom. The van der Waals surface area contributed by atoms with Crippen LogP contribution in [0.15, 0.2) is 6.20 Å². The van der Waals surface area contributed by atoms with Gasteiger partial charge in [-0.2, -0.15) is 0 Å². The van der Waals surface area contributed by atoms with E-state index in [1.807, 2.05) is 20.0 Å². The van der Waals surface area contributed by atoms with Crippen LogP contribution in [0.4, 0.5) is 5.82 Å². The number of hydrogen-bond donors (Lipinski definition) is 1. The summed E-state index contributed by atoms with van der Waals surface area (Å²) in [7, 11) is 1.77. The summed E-state index contributed by atoms with van der Waals surface area (Å²) in [4.78, 5) is 11.4. The number of nitrogens with one attached hydrogen (secondary N) is 1. The average molecular weight is 278 g/mol. The van der Waals surface area contributed by atoms with E-state index < -0.39 is 0 Å². The second kappa shape index (κ2) is 7.55. The molecule has 0 radical (unpaired) electrons. The maximum Gasteiger partial charge on any atom is 0.147 e. The first-order chi connectivity index (χ1) is 9.69. The Balaban J connectivity index is 1.78. The van der Waals surface area contributed by atoms with E-state index in [1.54, 1.807) is 7.11 Å². The van der Waals surface area contributed by atoms with Gasteiger partial charge in [0.1, 0.15) is 5.82 Å². The number of nitrogens with zero attached hydrogens (tertiary/aromatic N) is 3. The van der Waals surface area contributed by atoms with Crippen LogP contribution in [0.2, 0.25) is 0 Å². The van der Waals surface area contributed by atoms with Crippen LogP contribution in [0.1, 0.15) is 30.7 Å². The second-order valence-electron chi connectivity index (χ2n) is 5.55. The average Bonchev–Trinajstić information content (AvgIpc) is 2.45. The summed E-state index contributed by atoms with van der Waals surface area (Å²) in [6.07, 6.45) is 5.28. The van der Waals surface area contributed by atoms with Crippen molar-refractivity contribution in [2.45, 2.75) is 39.2 Å². The fourth-order valence-corrected chi connectivity index (χ4v) is 2.60. The molecule has 0 bridgehead atoms. The molecule has 5 heteroatoms. The molecular formula is C15H26N4O. The number of ether oxygens (including phenoxy) is 1. The Labute approximate surface area is 121 Å². The van der Waals surface area contributed by atoms with E-state index >= 15 is 0 Å². The quantitative estimate of drug-likeness (QED) is 0.807. The number of aromatic nitrogens is 2. The van der Waals surface area contributed by atoms with Crippen molar-refractivity contribution < 1.29 is 4.74 Å². The number of piperidine rings is 1. The molecule has 2 heterocycles. The lowest BCUT2D eigenvalue weighted by atomic mass is 10.0. The highest BCUT2D eigenvalue weighted by molar-refractivity contribution is 5.40. The number of anilines is 1. The number of rotatable bonds is 6. The molecule has 1 aliphatic heterocycles. The molecule has 0 spiro atoms. The Morgan fingerprint density at radius 2 is 2.10 bits per heavy atom. The molecule has 20 heavy (non-hydrogen) atoms. The fraction of sp³-hybridized carbons (Fsp3) is 0.733. The minimum Gasteiger partial charge on any atom is -0.385 e. The van der Waals surface area contributed by atoms with Crippen LogP contribution < -0.4 is 5.32 Å². The molecule has 1 fully saturated rings. The van der Waals surface area contributed by atoms with Crippen molar-refractivity contribution in [1.29, 1.82) is 0 Å². The Morgan fingerprint density at radius 1 is 1.35 bits per heavy atom. The normalized spacial score (nSPS) is 17.4. The van der Waals surface area contributed by atoms with Crippen LogP contribution >= 0.6 is 0 Å². The fourth-order valence-electron chi connectivity index (χ4n) is 2.60.